The lowest BCUT2D eigenvalue weighted by Crippen LogP contribution is -2.21. The van der Waals surface area contributed by atoms with Crippen LogP contribution in [0.1, 0.15) is 11.1 Å². The highest BCUT2D eigenvalue weighted by Gasteiger charge is 2.05. The molecule has 2 N–H and O–H groups in total. The van der Waals surface area contributed by atoms with E-state index >= 15 is 0 Å². The summed E-state index contributed by atoms with van der Waals surface area (Å²) in [5.41, 5.74) is 1.72. The van der Waals surface area contributed by atoms with Gasteiger partial charge < -0.3 is 10.4 Å². The Balaban J connectivity index is 2.01. The minimum Gasteiger partial charge on any atom is -0.507 e. The number of benzene rings is 2. The highest BCUT2D eigenvalue weighted by molar-refractivity contribution is 7.80. The standard InChI is InChI=1S/C14H12ClNOS/c15-11-7-5-10(6-8-11)9-16-14(18)12-3-1-2-4-13(12)17/h1-8,17H,9H2,(H,16,18). The first kappa shape index (κ1) is 12.9. The van der Waals surface area contributed by atoms with Crippen molar-refractivity contribution in [2.24, 2.45) is 0 Å². The van der Waals surface area contributed by atoms with Gasteiger partial charge in [-0.25, -0.2) is 0 Å². The Morgan fingerprint density at radius 2 is 1.78 bits per heavy atom. The average molecular weight is 278 g/mol. The summed E-state index contributed by atoms with van der Waals surface area (Å²) in [6.45, 7) is 0.602. The van der Waals surface area contributed by atoms with Crippen LogP contribution in [-0.4, -0.2) is 10.1 Å². The van der Waals surface area contributed by atoms with Gasteiger partial charge in [0.2, 0.25) is 0 Å². The lowest BCUT2D eigenvalue weighted by Gasteiger charge is -2.09. The number of halogens is 1. The number of aromatic hydroxyl groups is 1. The van der Waals surface area contributed by atoms with Gasteiger partial charge >= 0.3 is 0 Å². The van der Waals surface area contributed by atoms with Gasteiger partial charge in [0.05, 0.1) is 5.56 Å². The van der Waals surface area contributed by atoms with E-state index in [4.69, 9.17) is 23.8 Å². The fraction of sp³-hybridized carbons (Fsp3) is 0.0714. The maximum Gasteiger partial charge on any atom is 0.125 e. The molecule has 0 spiro atoms. The molecule has 4 heteroatoms. The van der Waals surface area contributed by atoms with E-state index in [1.165, 1.54) is 0 Å². The molecule has 0 aromatic heterocycles. The second-order valence-electron chi connectivity index (χ2n) is 3.83. The Kier molecular flexibility index (Phi) is 4.18. The van der Waals surface area contributed by atoms with Crippen molar-refractivity contribution in [3.05, 3.63) is 64.7 Å². The monoisotopic (exact) mass is 277 g/mol. The van der Waals surface area contributed by atoms with E-state index in [0.29, 0.717) is 22.1 Å². The fourth-order valence-corrected chi connectivity index (χ4v) is 1.92. The molecule has 2 aromatic rings. The van der Waals surface area contributed by atoms with Crippen molar-refractivity contribution in [1.82, 2.24) is 5.32 Å². The summed E-state index contributed by atoms with van der Waals surface area (Å²) in [7, 11) is 0. The van der Waals surface area contributed by atoms with Gasteiger partial charge in [-0.3, -0.25) is 0 Å². The van der Waals surface area contributed by atoms with Crippen molar-refractivity contribution in [3.63, 3.8) is 0 Å². The maximum absolute atomic E-state index is 9.67. The van der Waals surface area contributed by atoms with E-state index in [0.717, 1.165) is 5.56 Å². The van der Waals surface area contributed by atoms with Crippen molar-refractivity contribution in [1.29, 1.82) is 0 Å². The highest BCUT2D eigenvalue weighted by Crippen LogP contribution is 2.16. The summed E-state index contributed by atoms with van der Waals surface area (Å²) >= 11 is 11.0. The summed E-state index contributed by atoms with van der Waals surface area (Å²) < 4.78 is 0. The number of rotatable bonds is 3. The molecule has 0 fully saturated rings. The fourth-order valence-electron chi connectivity index (χ4n) is 1.55. The molecule has 92 valence electrons. The van der Waals surface area contributed by atoms with E-state index in [9.17, 15) is 5.11 Å². The third kappa shape index (κ3) is 3.22. The predicted octanol–water partition coefficient (Wildman–Crippen LogP) is 3.51. The van der Waals surface area contributed by atoms with Gasteiger partial charge in [-0.1, -0.05) is 48.1 Å². The molecule has 0 atom stereocenters. The first-order valence-corrected chi connectivity index (χ1v) is 6.26. The lowest BCUT2D eigenvalue weighted by atomic mass is 10.2. The molecule has 0 unspecified atom stereocenters. The first-order valence-electron chi connectivity index (χ1n) is 5.47. The van der Waals surface area contributed by atoms with Crippen LogP contribution in [0.4, 0.5) is 0 Å². The molecule has 2 aromatic carbocycles. The van der Waals surface area contributed by atoms with Gasteiger partial charge in [0.25, 0.3) is 0 Å². The molecule has 18 heavy (non-hydrogen) atoms. The predicted molar refractivity (Wildman–Crippen MR) is 78.1 cm³/mol. The number of nitrogens with one attached hydrogen (secondary N) is 1. The highest BCUT2D eigenvalue weighted by atomic mass is 35.5. The van der Waals surface area contributed by atoms with E-state index in [1.807, 2.05) is 30.3 Å². The van der Waals surface area contributed by atoms with Crippen molar-refractivity contribution in [2.45, 2.75) is 6.54 Å². The van der Waals surface area contributed by atoms with Crippen LogP contribution in [0.3, 0.4) is 0 Å². The topological polar surface area (TPSA) is 32.3 Å². The van der Waals surface area contributed by atoms with Crippen molar-refractivity contribution in [3.8, 4) is 5.75 Å². The normalized spacial score (nSPS) is 10.1. The van der Waals surface area contributed by atoms with Crippen LogP contribution in [0.5, 0.6) is 5.75 Å². The van der Waals surface area contributed by atoms with Crippen LogP contribution < -0.4 is 5.32 Å². The Morgan fingerprint density at radius 3 is 2.44 bits per heavy atom. The Bertz CT molecular complexity index is 554. The first-order chi connectivity index (χ1) is 8.66. The van der Waals surface area contributed by atoms with Gasteiger partial charge in [0.1, 0.15) is 10.7 Å². The molecular weight excluding hydrogens is 266 g/mol. The zero-order chi connectivity index (χ0) is 13.0. The van der Waals surface area contributed by atoms with Crippen molar-refractivity contribution in [2.75, 3.05) is 0 Å². The summed E-state index contributed by atoms with van der Waals surface area (Å²) in [6, 6.07) is 14.5. The SMILES string of the molecule is Oc1ccccc1C(=S)NCc1ccc(Cl)cc1. The van der Waals surface area contributed by atoms with Crippen LogP contribution in [-0.2, 0) is 6.54 Å². The molecule has 0 radical (unpaired) electrons. The van der Waals surface area contributed by atoms with E-state index < -0.39 is 0 Å². The minimum atomic E-state index is 0.186. The maximum atomic E-state index is 9.67. The van der Waals surface area contributed by atoms with Crippen LogP contribution in [0.2, 0.25) is 5.02 Å². The second-order valence-corrected chi connectivity index (χ2v) is 4.67. The van der Waals surface area contributed by atoms with Gasteiger partial charge in [0.15, 0.2) is 0 Å². The zero-order valence-electron chi connectivity index (χ0n) is 9.56. The van der Waals surface area contributed by atoms with E-state index in [-0.39, 0.29) is 5.75 Å². The van der Waals surface area contributed by atoms with Gasteiger partial charge in [-0.05, 0) is 29.8 Å². The molecule has 2 rings (SSSR count). The molecule has 0 aliphatic heterocycles. The smallest absolute Gasteiger partial charge is 0.125 e. The van der Waals surface area contributed by atoms with Gasteiger partial charge in [-0.15, -0.1) is 0 Å². The summed E-state index contributed by atoms with van der Waals surface area (Å²) in [5, 5.41) is 13.5. The summed E-state index contributed by atoms with van der Waals surface area (Å²) in [4.78, 5) is 0.531. The average Bonchev–Trinajstić information content (AvgIpc) is 2.38. The quantitative estimate of drug-likeness (QED) is 0.842. The minimum absolute atomic E-state index is 0.186. The Labute approximate surface area is 116 Å². The third-order valence-electron chi connectivity index (χ3n) is 2.52. The second kappa shape index (κ2) is 5.85. The molecule has 0 heterocycles. The number of thiocarbonyl (C=S) groups is 1. The van der Waals surface area contributed by atoms with Crippen molar-refractivity contribution < 1.29 is 5.11 Å². The Hall–Kier alpha value is -1.58. The number of para-hydroxylation sites is 1. The van der Waals surface area contributed by atoms with Crippen LogP contribution >= 0.6 is 23.8 Å². The molecule has 0 aliphatic rings. The Morgan fingerprint density at radius 1 is 1.11 bits per heavy atom. The lowest BCUT2D eigenvalue weighted by molar-refractivity contribution is 0.474. The number of hydrogen-bond donors (Lipinski definition) is 2. The molecule has 0 saturated carbocycles. The molecular formula is C14H12ClNOS. The third-order valence-corrected chi connectivity index (χ3v) is 3.13. The van der Waals surface area contributed by atoms with E-state index in [1.54, 1.807) is 18.2 Å². The molecule has 2 nitrogen and oxygen atoms in total. The summed E-state index contributed by atoms with van der Waals surface area (Å²) in [5.74, 6) is 0.186. The molecule has 0 aliphatic carbocycles. The zero-order valence-corrected chi connectivity index (χ0v) is 11.1. The van der Waals surface area contributed by atoms with Crippen LogP contribution in [0, 0.1) is 0 Å². The van der Waals surface area contributed by atoms with E-state index in [2.05, 4.69) is 5.32 Å². The molecule has 0 saturated heterocycles. The summed E-state index contributed by atoms with van der Waals surface area (Å²) in [6.07, 6.45) is 0. The van der Waals surface area contributed by atoms with Crippen LogP contribution in [0.15, 0.2) is 48.5 Å². The number of hydrogen-bond acceptors (Lipinski definition) is 2. The number of phenols is 1. The van der Waals surface area contributed by atoms with Crippen LogP contribution in [0.25, 0.3) is 0 Å². The largest absolute Gasteiger partial charge is 0.507 e. The number of phenolic OH excluding ortho intramolecular Hbond substituents is 1. The van der Waals surface area contributed by atoms with Gasteiger partial charge in [-0.2, -0.15) is 0 Å². The van der Waals surface area contributed by atoms with Gasteiger partial charge in [0, 0.05) is 11.6 Å². The molecule has 0 amide bonds. The molecule has 0 bridgehead atoms. The van der Waals surface area contributed by atoms with Crippen molar-refractivity contribution >= 4 is 28.8 Å².